The van der Waals surface area contributed by atoms with E-state index in [1.165, 1.54) is 14.0 Å². The highest BCUT2D eigenvalue weighted by Crippen LogP contribution is 2.25. The minimum atomic E-state index is -0.888. The molecule has 0 fully saturated rings. The van der Waals surface area contributed by atoms with Crippen LogP contribution in [-0.2, 0) is 14.3 Å². The number of carbonyl (C=O) groups is 2. The van der Waals surface area contributed by atoms with Gasteiger partial charge in [0.1, 0.15) is 23.2 Å². The SMILES string of the molecule is COC(=O)C(C(C)=O)c1ccc(Oc2ccccc2)cc1. The third-order valence-corrected chi connectivity index (χ3v) is 3.04. The summed E-state index contributed by atoms with van der Waals surface area (Å²) in [6.07, 6.45) is 0. The molecule has 1 atom stereocenters. The first kappa shape index (κ1) is 14.8. The quantitative estimate of drug-likeness (QED) is 0.624. The van der Waals surface area contributed by atoms with Gasteiger partial charge in [0.15, 0.2) is 0 Å². The molecule has 0 amide bonds. The van der Waals surface area contributed by atoms with E-state index in [9.17, 15) is 9.59 Å². The first-order valence-electron chi connectivity index (χ1n) is 6.53. The van der Waals surface area contributed by atoms with E-state index in [2.05, 4.69) is 4.74 Å². The summed E-state index contributed by atoms with van der Waals surface area (Å²) >= 11 is 0. The van der Waals surface area contributed by atoms with Crippen LogP contribution in [0.3, 0.4) is 0 Å². The van der Waals surface area contributed by atoms with E-state index in [0.717, 1.165) is 5.75 Å². The van der Waals surface area contributed by atoms with Gasteiger partial charge in [0.05, 0.1) is 7.11 Å². The van der Waals surface area contributed by atoms with Gasteiger partial charge in [-0.15, -0.1) is 0 Å². The molecule has 4 nitrogen and oxygen atoms in total. The Bertz CT molecular complexity index is 617. The molecular weight excluding hydrogens is 268 g/mol. The van der Waals surface area contributed by atoms with Crippen molar-refractivity contribution >= 4 is 11.8 Å². The molecular formula is C17H16O4. The van der Waals surface area contributed by atoms with Gasteiger partial charge in [-0.25, -0.2) is 0 Å². The smallest absolute Gasteiger partial charge is 0.320 e. The van der Waals surface area contributed by atoms with E-state index in [1.54, 1.807) is 24.3 Å². The summed E-state index contributed by atoms with van der Waals surface area (Å²) in [7, 11) is 1.27. The zero-order chi connectivity index (χ0) is 15.2. The van der Waals surface area contributed by atoms with Crippen molar-refractivity contribution in [2.75, 3.05) is 7.11 Å². The summed E-state index contributed by atoms with van der Waals surface area (Å²) in [4.78, 5) is 23.2. The Morgan fingerprint density at radius 3 is 2.00 bits per heavy atom. The Morgan fingerprint density at radius 1 is 0.905 bits per heavy atom. The number of esters is 1. The fourth-order valence-electron chi connectivity index (χ4n) is 2.01. The van der Waals surface area contributed by atoms with Gasteiger partial charge in [-0.05, 0) is 36.8 Å². The van der Waals surface area contributed by atoms with E-state index < -0.39 is 11.9 Å². The molecule has 2 aromatic rings. The molecule has 1 unspecified atom stereocenters. The molecule has 2 aromatic carbocycles. The van der Waals surface area contributed by atoms with Crippen LogP contribution in [0.2, 0.25) is 0 Å². The van der Waals surface area contributed by atoms with Crippen LogP contribution in [0.25, 0.3) is 0 Å². The summed E-state index contributed by atoms with van der Waals surface area (Å²) < 4.78 is 10.3. The third-order valence-electron chi connectivity index (χ3n) is 3.04. The maximum absolute atomic E-state index is 11.7. The van der Waals surface area contributed by atoms with Crippen molar-refractivity contribution in [3.8, 4) is 11.5 Å². The van der Waals surface area contributed by atoms with Gasteiger partial charge in [-0.2, -0.15) is 0 Å². The highest BCUT2D eigenvalue weighted by atomic mass is 16.5. The zero-order valence-electron chi connectivity index (χ0n) is 11.9. The number of benzene rings is 2. The fraction of sp³-hybridized carbons (Fsp3) is 0.176. The van der Waals surface area contributed by atoms with Crippen LogP contribution < -0.4 is 4.74 Å². The molecule has 0 heterocycles. The number of Topliss-reactive ketones (excluding diaryl/α,β-unsaturated/α-hetero) is 1. The molecule has 0 radical (unpaired) electrons. The highest BCUT2D eigenvalue weighted by Gasteiger charge is 2.26. The van der Waals surface area contributed by atoms with Crippen LogP contribution in [0.5, 0.6) is 11.5 Å². The second kappa shape index (κ2) is 6.70. The molecule has 0 saturated heterocycles. The minimum Gasteiger partial charge on any atom is -0.468 e. The van der Waals surface area contributed by atoms with Gasteiger partial charge >= 0.3 is 5.97 Å². The molecule has 0 aliphatic heterocycles. The van der Waals surface area contributed by atoms with Gasteiger partial charge in [-0.3, -0.25) is 9.59 Å². The summed E-state index contributed by atoms with van der Waals surface area (Å²) in [6, 6.07) is 16.2. The molecule has 0 spiro atoms. The third kappa shape index (κ3) is 3.69. The predicted octanol–water partition coefficient (Wildman–Crippen LogP) is 3.32. The summed E-state index contributed by atoms with van der Waals surface area (Å²) in [5.74, 6) is -0.336. The maximum Gasteiger partial charge on any atom is 0.320 e. The lowest BCUT2D eigenvalue weighted by atomic mass is 9.95. The number of para-hydroxylation sites is 1. The Balaban J connectivity index is 2.18. The Labute approximate surface area is 123 Å². The van der Waals surface area contributed by atoms with Crippen molar-refractivity contribution in [1.82, 2.24) is 0 Å². The second-order valence-electron chi connectivity index (χ2n) is 4.55. The minimum absolute atomic E-state index is 0.251. The van der Waals surface area contributed by atoms with Crippen LogP contribution in [0.1, 0.15) is 18.4 Å². The van der Waals surface area contributed by atoms with Crippen molar-refractivity contribution in [2.24, 2.45) is 0 Å². The predicted molar refractivity (Wildman–Crippen MR) is 78.4 cm³/mol. The van der Waals surface area contributed by atoms with Gasteiger partial charge in [0, 0.05) is 0 Å². The summed E-state index contributed by atoms with van der Waals surface area (Å²) in [6.45, 7) is 1.37. The average Bonchev–Trinajstić information content (AvgIpc) is 2.49. The number of carbonyl (C=O) groups excluding carboxylic acids is 2. The van der Waals surface area contributed by atoms with Crippen molar-refractivity contribution in [1.29, 1.82) is 0 Å². The van der Waals surface area contributed by atoms with E-state index in [1.807, 2.05) is 30.3 Å². The van der Waals surface area contributed by atoms with Crippen molar-refractivity contribution < 1.29 is 19.1 Å². The lowest BCUT2D eigenvalue weighted by Gasteiger charge is -2.12. The fourth-order valence-corrected chi connectivity index (χ4v) is 2.01. The first-order chi connectivity index (χ1) is 10.1. The van der Waals surface area contributed by atoms with Crippen molar-refractivity contribution in [2.45, 2.75) is 12.8 Å². The number of hydrogen-bond acceptors (Lipinski definition) is 4. The normalized spacial score (nSPS) is 11.5. The molecule has 0 saturated carbocycles. The molecule has 0 N–H and O–H groups in total. The molecule has 0 aromatic heterocycles. The highest BCUT2D eigenvalue weighted by molar-refractivity contribution is 6.03. The van der Waals surface area contributed by atoms with Crippen LogP contribution in [0.15, 0.2) is 54.6 Å². The molecule has 0 aliphatic rings. The zero-order valence-corrected chi connectivity index (χ0v) is 11.9. The van der Waals surface area contributed by atoms with Crippen LogP contribution >= 0.6 is 0 Å². The topological polar surface area (TPSA) is 52.6 Å². The summed E-state index contributed by atoms with van der Waals surface area (Å²) in [5, 5.41) is 0. The Morgan fingerprint density at radius 2 is 1.48 bits per heavy atom. The number of ether oxygens (including phenoxy) is 2. The van der Waals surface area contributed by atoms with E-state index in [4.69, 9.17) is 4.74 Å². The second-order valence-corrected chi connectivity index (χ2v) is 4.55. The van der Waals surface area contributed by atoms with Crippen molar-refractivity contribution in [3.05, 3.63) is 60.2 Å². The lowest BCUT2D eigenvalue weighted by Crippen LogP contribution is -2.21. The van der Waals surface area contributed by atoms with Crippen LogP contribution in [-0.4, -0.2) is 18.9 Å². The number of hydrogen-bond donors (Lipinski definition) is 0. The van der Waals surface area contributed by atoms with Gasteiger partial charge in [0.25, 0.3) is 0 Å². The average molecular weight is 284 g/mol. The first-order valence-corrected chi connectivity index (χ1v) is 6.53. The largest absolute Gasteiger partial charge is 0.468 e. The van der Waals surface area contributed by atoms with E-state index >= 15 is 0 Å². The Hall–Kier alpha value is -2.62. The molecule has 2 rings (SSSR count). The van der Waals surface area contributed by atoms with Gasteiger partial charge in [0.2, 0.25) is 0 Å². The monoisotopic (exact) mass is 284 g/mol. The Kier molecular flexibility index (Phi) is 4.72. The maximum atomic E-state index is 11.7. The summed E-state index contributed by atoms with van der Waals surface area (Å²) in [5.41, 5.74) is 0.592. The van der Waals surface area contributed by atoms with E-state index in [0.29, 0.717) is 11.3 Å². The number of methoxy groups -OCH3 is 1. The standard InChI is InChI=1S/C17H16O4/c1-12(18)16(17(19)20-2)13-8-10-15(11-9-13)21-14-6-4-3-5-7-14/h3-11,16H,1-2H3. The molecule has 0 aliphatic carbocycles. The van der Waals surface area contributed by atoms with Crippen molar-refractivity contribution in [3.63, 3.8) is 0 Å². The molecule has 108 valence electrons. The van der Waals surface area contributed by atoms with Crippen LogP contribution in [0, 0.1) is 0 Å². The van der Waals surface area contributed by atoms with Gasteiger partial charge in [-0.1, -0.05) is 30.3 Å². The number of ketones is 1. The number of rotatable bonds is 5. The lowest BCUT2D eigenvalue weighted by molar-refractivity contribution is -0.145. The molecule has 21 heavy (non-hydrogen) atoms. The van der Waals surface area contributed by atoms with E-state index in [-0.39, 0.29) is 5.78 Å². The molecule has 0 bridgehead atoms. The molecule has 4 heteroatoms. The van der Waals surface area contributed by atoms with Crippen LogP contribution in [0.4, 0.5) is 0 Å². The van der Waals surface area contributed by atoms with Gasteiger partial charge < -0.3 is 9.47 Å².